The van der Waals surface area contributed by atoms with Gasteiger partial charge in [0, 0.05) is 30.4 Å². The summed E-state index contributed by atoms with van der Waals surface area (Å²) in [6.07, 6.45) is 4.46. The summed E-state index contributed by atoms with van der Waals surface area (Å²) in [4.78, 5) is 18.9. The third kappa shape index (κ3) is 2.22. The van der Waals surface area contributed by atoms with Crippen molar-refractivity contribution in [2.45, 2.75) is 19.4 Å². The predicted octanol–water partition coefficient (Wildman–Crippen LogP) is 1.07. The van der Waals surface area contributed by atoms with Crippen LogP contribution in [0.3, 0.4) is 0 Å². The van der Waals surface area contributed by atoms with Gasteiger partial charge in [-0.05, 0) is 24.9 Å². The number of piperidine rings is 1. The fraction of sp³-hybridized carbons (Fsp3) is 0.429. The molecule has 3 heterocycles. The molecule has 1 amide bonds. The fourth-order valence-electron chi connectivity index (χ4n) is 2.72. The van der Waals surface area contributed by atoms with E-state index in [4.69, 9.17) is 5.73 Å². The molecule has 0 saturated carbocycles. The van der Waals surface area contributed by atoms with Gasteiger partial charge in [-0.2, -0.15) is 0 Å². The number of rotatable bonds is 3. The zero-order chi connectivity index (χ0) is 14.1. The topological polar surface area (TPSA) is 95.8 Å². The summed E-state index contributed by atoms with van der Waals surface area (Å²) < 4.78 is 0. The molecule has 0 unspecified atom stereocenters. The van der Waals surface area contributed by atoms with Crippen LogP contribution in [0.2, 0.25) is 0 Å². The minimum atomic E-state index is -0.459. The quantitative estimate of drug-likeness (QED) is 0.672. The van der Waals surface area contributed by atoms with Gasteiger partial charge in [0.15, 0.2) is 0 Å². The number of H-pyrrole nitrogens is 1. The molecule has 6 heteroatoms. The second kappa shape index (κ2) is 5.13. The Labute approximate surface area is 117 Å². The van der Waals surface area contributed by atoms with E-state index < -0.39 is 5.91 Å². The molecule has 0 aliphatic carbocycles. The van der Waals surface area contributed by atoms with Crippen LogP contribution in [0.5, 0.6) is 0 Å². The monoisotopic (exact) mass is 273 g/mol. The number of hydrogen-bond acceptors (Lipinski definition) is 4. The summed E-state index contributed by atoms with van der Waals surface area (Å²) in [5, 5.41) is 7.76. The Bertz CT molecular complexity index is 636. The number of carbonyl (C=O) groups excluding carboxylic acids is 1. The number of aromatic nitrogens is 2. The van der Waals surface area contributed by atoms with Gasteiger partial charge in [-0.15, -0.1) is 0 Å². The number of nitrogens with zero attached hydrogens (tertiary/aromatic N) is 1. The van der Waals surface area contributed by atoms with E-state index in [1.54, 1.807) is 0 Å². The molecule has 3 rings (SSSR count). The molecule has 1 aliphatic heterocycles. The van der Waals surface area contributed by atoms with Gasteiger partial charge in [-0.3, -0.25) is 4.79 Å². The molecule has 2 aromatic rings. The lowest BCUT2D eigenvalue weighted by atomic mass is 9.94. The number of nitrogens with one attached hydrogen (secondary N) is 3. The van der Waals surface area contributed by atoms with Crippen molar-refractivity contribution >= 4 is 22.6 Å². The highest BCUT2D eigenvalue weighted by atomic mass is 16.1. The first-order valence-electron chi connectivity index (χ1n) is 6.90. The van der Waals surface area contributed by atoms with E-state index in [2.05, 4.69) is 27.5 Å². The summed E-state index contributed by atoms with van der Waals surface area (Å²) >= 11 is 0. The summed E-state index contributed by atoms with van der Waals surface area (Å²) in [5.41, 5.74) is 7.45. The molecular formula is C14H19N5O. The number of carbonyl (C=O) groups is 1. The fourth-order valence-corrected chi connectivity index (χ4v) is 2.72. The molecule has 5 N–H and O–H groups in total. The number of nitrogens with two attached hydrogens (primary N) is 1. The van der Waals surface area contributed by atoms with E-state index in [9.17, 15) is 4.79 Å². The van der Waals surface area contributed by atoms with E-state index in [-0.39, 0.29) is 6.04 Å². The molecule has 1 fully saturated rings. The number of anilines is 1. The summed E-state index contributed by atoms with van der Waals surface area (Å²) in [7, 11) is 0. The van der Waals surface area contributed by atoms with Crippen LogP contribution in [0.4, 0.5) is 5.69 Å². The van der Waals surface area contributed by atoms with Gasteiger partial charge in [0.2, 0.25) is 0 Å². The number of aromatic amines is 1. The van der Waals surface area contributed by atoms with E-state index in [1.165, 1.54) is 6.20 Å². The Hall–Kier alpha value is -2.08. The summed E-state index contributed by atoms with van der Waals surface area (Å²) in [6.45, 7) is 4.14. The normalized spacial score (nSPS) is 22.9. The highest BCUT2D eigenvalue weighted by molar-refractivity contribution is 6.05. The van der Waals surface area contributed by atoms with Crippen LogP contribution in [-0.4, -0.2) is 35.0 Å². The van der Waals surface area contributed by atoms with Crippen LogP contribution >= 0.6 is 0 Å². The maximum Gasteiger partial charge on any atom is 0.252 e. The molecule has 2 aromatic heterocycles. The van der Waals surface area contributed by atoms with Gasteiger partial charge in [-0.1, -0.05) is 6.92 Å². The van der Waals surface area contributed by atoms with Crippen molar-refractivity contribution in [2.75, 3.05) is 18.4 Å². The highest BCUT2D eigenvalue weighted by Crippen LogP contribution is 2.27. The summed E-state index contributed by atoms with van der Waals surface area (Å²) in [5.74, 6) is 0.0821. The van der Waals surface area contributed by atoms with E-state index in [0.29, 0.717) is 11.5 Å². The van der Waals surface area contributed by atoms with Crippen molar-refractivity contribution in [1.82, 2.24) is 15.3 Å². The first-order chi connectivity index (χ1) is 9.66. The van der Waals surface area contributed by atoms with Gasteiger partial charge >= 0.3 is 0 Å². The molecule has 1 saturated heterocycles. The van der Waals surface area contributed by atoms with Crippen LogP contribution in [0.25, 0.3) is 11.0 Å². The summed E-state index contributed by atoms with van der Waals surface area (Å²) in [6, 6.07) is 2.19. The Morgan fingerprint density at radius 1 is 1.55 bits per heavy atom. The average Bonchev–Trinajstić information content (AvgIpc) is 2.90. The predicted molar refractivity (Wildman–Crippen MR) is 78.7 cm³/mol. The second-order valence-electron chi connectivity index (χ2n) is 5.37. The largest absolute Gasteiger partial charge is 0.379 e. The van der Waals surface area contributed by atoms with Crippen LogP contribution < -0.4 is 16.4 Å². The van der Waals surface area contributed by atoms with Crippen molar-refractivity contribution in [3.8, 4) is 0 Å². The lowest BCUT2D eigenvalue weighted by molar-refractivity contribution is 0.100. The molecule has 1 aliphatic rings. The molecule has 6 nitrogen and oxygen atoms in total. The van der Waals surface area contributed by atoms with Crippen LogP contribution in [0.15, 0.2) is 18.5 Å². The first-order valence-corrected chi connectivity index (χ1v) is 6.90. The highest BCUT2D eigenvalue weighted by Gasteiger charge is 2.23. The van der Waals surface area contributed by atoms with E-state index in [0.717, 1.165) is 36.2 Å². The van der Waals surface area contributed by atoms with Gasteiger partial charge in [-0.25, -0.2) is 4.98 Å². The molecule has 0 aromatic carbocycles. The Balaban J connectivity index is 2.01. The first kappa shape index (κ1) is 12.9. The standard InChI is InChI=1S/C14H19N5O/c1-8-2-4-16-7-11(8)19-12-9-3-5-17-14(9)18-6-10(12)13(15)20/h3,5-6,8,11,16H,2,4,7H2,1H3,(H2,15,20)(H2,17,18,19)/t8-,11+/m1/s1. The zero-order valence-electron chi connectivity index (χ0n) is 11.4. The molecule has 0 radical (unpaired) electrons. The minimum absolute atomic E-state index is 0.280. The van der Waals surface area contributed by atoms with Gasteiger partial charge < -0.3 is 21.4 Å². The third-order valence-corrected chi connectivity index (χ3v) is 4.01. The van der Waals surface area contributed by atoms with Crippen molar-refractivity contribution in [3.05, 3.63) is 24.0 Å². The number of hydrogen-bond donors (Lipinski definition) is 4. The Morgan fingerprint density at radius 2 is 2.40 bits per heavy atom. The van der Waals surface area contributed by atoms with Gasteiger partial charge in [0.25, 0.3) is 5.91 Å². The zero-order valence-corrected chi connectivity index (χ0v) is 11.4. The third-order valence-electron chi connectivity index (χ3n) is 4.01. The molecule has 106 valence electrons. The maximum atomic E-state index is 11.6. The van der Waals surface area contributed by atoms with Crippen molar-refractivity contribution in [3.63, 3.8) is 0 Å². The van der Waals surface area contributed by atoms with Crippen molar-refractivity contribution < 1.29 is 4.79 Å². The van der Waals surface area contributed by atoms with Gasteiger partial charge in [0.05, 0.1) is 11.3 Å². The van der Waals surface area contributed by atoms with Crippen LogP contribution in [0.1, 0.15) is 23.7 Å². The molecule has 0 spiro atoms. The number of pyridine rings is 1. The van der Waals surface area contributed by atoms with Crippen LogP contribution in [-0.2, 0) is 0 Å². The molecule has 20 heavy (non-hydrogen) atoms. The second-order valence-corrected chi connectivity index (χ2v) is 5.37. The van der Waals surface area contributed by atoms with E-state index >= 15 is 0 Å². The molecular weight excluding hydrogens is 254 g/mol. The molecule has 0 bridgehead atoms. The number of amides is 1. The smallest absolute Gasteiger partial charge is 0.252 e. The van der Waals surface area contributed by atoms with Gasteiger partial charge in [0.1, 0.15) is 5.65 Å². The maximum absolute atomic E-state index is 11.6. The lowest BCUT2D eigenvalue weighted by Gasteiger charge is -2.31. The van der Waals surface area contributed by atoms with Crippen molar-refractivity contribution in [2.24, 2.45) is 11.7 Å². The Morgan fingerprint density at radius 3 is 3.15 bits per heavy atom. The Kier molecular flexibility index (Phi) is 3.31. The van der Waals surface area contributed by atoms with Crippen molar-refractivity contribution in [1.29, 1.82) is 0 Å². The number of fused-ring (bicyclic) bond motifs is 1. The lowest BCUT2D eigenvalue weighted by Crippen LogP contribution is -2.44. The average molecular weight is 273 g/mol. The number of primary amides is 1. The minimum Gasteiger partial charge on any atom is -0.379 e. The molecule has 2 atom stereocenters. The van der Waals surface area contributed by atoms with Crippen LogP contribution in [0, 0.1) is 5.92 Å². The van der Waals surface area contributed by atoms with E-state index in [1.807, 2.05) is 12.3 Å². The SMILES string of the molecule is C[C@@H]1CCNC[C@@H]1Nc1c(C(N)=O)cnc2[nH]ccc12.